The predicted octanol–water partition coefficient (Wildman–Crippen LogP) is 1.66. The third kappa shape index (κ3) is 3.30. The van der Waals surface area contributed by atoms with Gasteiger partial charge in [-0.25, -0.2) is 4.79 Å². The van der Waals surface area contributed by atoms with E-state index in [0.717, 1.165) is 31.4 Å². The molecule has 0 atom stereocenters. The average molecular weight is 280 g/mol. The summed E-state index contributed by atoms with van der Waals surface area (Å²) < 4.78 is 1.67. The minimum Gasteiger partial charge on any atom is -0.396 e. The number of aromatic nitrogens is 2. The topological polar surface area (TPSA) is 79.2 Å². The van der Waals surface area contributed by atoms with Crippen LogP contribution in [-0.2, 0) is 13.5 Å². The van der Waals surface area contributed by atoms with Gasteiger partial charge in [-0.15, -0.1) is 0 Å². The summed E-state index contributed by atoms with van der Waals surface area (Å²) in [5.74, 6) is 0.698. The normalized spacial score (nSPS) is 16.6. The number of nitrogens with zero attached hydrogens (tertiary/aromatic N) is 2. The summed E-state index contributed by atoms with van der Waals surface area (Å²) in [6.45, 7) is 2.84. The van der Waals surface area contributed by atoms with Gasteiger partial charge in [-0.1, -0.05) is 13.3 Å². The number of nitrogens with one attached hydrogen (secondary N) is 2. The van der Waals surface area contributed by atoms with Gasteiger partial charge in [0.05, 0.1) is 5.69 Å². The third-order valence-corrected chi connectivity index (χ3v) is 4.21. The Balaban J connectivity index is 1.84. The number of aliphatic hydroxyl groups excluding tert-OH is 1. The number of aryl methyl sites for hydroxylation is 2. The fourth-order valence-corrected chi connectivity index (χ4v) is 2.67. The van der Waals surface area contributed by atoms with Gasteiger partial charge in [0, 0.05) is 26.3 Å². The highest BCUT2D eigenvalue weighted by molar-refractivity contribution is 5.88. The summed E-state index contributed by atoms with van der Waals surface area (Å²) >= 11 is 0. The fraction of sp³-hybridized carbons (Fsp3) is 0.714. The average Bonchev–Trinajstić information content (AvgIpc) is 2.73. The van der Waals surface area contributed by atoms with Crippen LogP contribution < -0.4 is 10.6 Å². The van der Waals surface area contributed by atoms with Crippen LogP contribution in [0.25, 0.3) is 0 Å². The molecule has 0 bridgehead atoms. The molecule has 112 valence electrons. The van der Waals surface area contributed by atoms with E-state index in [1.807, 2.05) is 20.0 Å². The lowest BCUT2D eigenvalue weighted by Crippen LogP contribution is -2.44. The van der Waals surface area contributed by atoms with Crippen LogP contribution in [0.5, 0.6) is 0 Å². The van der Waals surface area contributed by atoms with E-state index in [1.165, 1.54) is 6.42 Å². The number of anilines is 1. The maximum absolute atomic E-state index is 11.9. The number of carbonyl (C=O) groups excluding carboxylic acids is 1. The van der Waals surface area contributed by atoms with Gasteiger partial charge < -0.3 is 10.4 Å². The highest BCUT2D eigenvalue weighted by Crippen LogP contribution is 2.43. The lowest BCUT2D eigenvalue weighted by atomic mass is 9.67. The van der Waals surface area contributed by atoms with Crippen molar-refractivity contribution in [3.05, 3.63) is 11.8 Å². The second kappa shape index (κ2) is 6.26. The summed E-state index contributed by atoms with van der Waals surface area (Å²) in [5.41, 5.74) is 1.06. The molecule has 6 heteroatoms. The zero-order chi connectivity index (χ0) is 14.6. The van der Waals surface area contributed by atoms with Crippen molar-refractivity contribution in [2.24, 2.45) is 12.5 Å². The van der Waals surface area contributed by atoms with Crippen molar-refractivity contribution in [2.45, 2.75) is 39.0 Å². The first-order chi connectivity index (χ1) is 9.58. The minimum atomic E-state index is -0.208. The summed E-state index contributed by atoms with van der Waals surface area (Å²) in [6, 6.07) is 1.67. The van der Waals surface area contributed by atoms with E-state index in [1.54, 1.807) is 4.68 Å². The maximum Gasteiger partial charge on any atom is 0.320 e. The van der Waals surface area contributed by atoms with Crippen molar-refractivity contribution in [3.8, 4) is 0 Å². The van der Waals surface area contributed by atoms with Crippen molar-refractivity contribution in [1.29, 1.82) is 0 Å². The SMILES string of the molecule is CCc1cc(NC(=O)NCC2(CCO)CCC2)n(C)n1. The molecular formula is C14H24N4O2. The zero-order valence-corrected chi connectivity index (χ0v) is 12.3. The van der Waals surface area contributed by atoms with Crippen LogP contribution in [0.3, 0.4) is 0 Å². The second-order valence-electron chi connectivity index (χ2n) is 5.63. The highest BCUT2D eigenvalue weighted by Gasteiger charge is 2.36. The molecule has 1 aromatic rings. The molecule has 2 amide bonds. The number of hydrogen-bond donors (Lipinski definition) is 3. The monoisotopic (exact) mass is 280 g/mol. The predicted molar refractivity (Wildman–Crippen MR) is 77.6 cm³/mol. The number of urea groups is 1. The van der Waals surface area contributed by atoms with Gasteiger partial charge in [0.15, 0.2) is 0 Å². The molecule has 1 aliphatic rings. The Morgan fingerprint density at radius 2 is 2.30 bits per heavy atom. The van der Waals surface area contributed by atoms with Crippen molar-refractivity contribution >= 4 is 11.8 Å². The Morgan fingerprint density at radius 1 is 1.55 bits per heavy atom. The largest absolute Gasteiger partial charge is 0.396 e. The second-order valence-corrected chi connectivity index (χ2v) is 5.63. The first kappa shape index (κ1) is 14.8. The van der Waals surface area contributed by atoms with Gasteiger partial charge in [-0.2, -0.15) is 5.10 Å². The molecule has 3 N–H and O–H groups in total. The molecule has 0 spiro atoms. The Hall–Kier alpha value is -1.56. The Labute approximate surface area is 119 Å². The molecule has 0 aromatic carbocycles. The number of carbonyl (C=O) groups is 1. The molecular weight excluding hydrogens is 256 g/mol. The van der Waals surface area contributed by atoms with E-state index in [0.29, 0.717) is 12.4 Å². The number of aliphatic hydroxyl groups is 1. The van der Waals surface area contributed by atoms with Gasteiger partial charge >= 0.3 is 6.03 Å². The summed E-state index contributed by atoms with van der Waals surface area (Å²) in [5, 5.41) is 19.1. The van der Waals surface area contributed by atoms with Crippen LogP contribution >= 0.6 is 0 Å². The van der Waals surface area contributed by atoms with E-state index in [2.05, 4.69) is 15.7 Å². The van der Waals surface area contributed by atoms with Crippen LogP contribution in [0.1, 0.15) is 38.3 Å². The van der Waals surface area contributed by atoms with Gasteiger partial charge in [-0.05, 0) is 31.1 Å². The van der Waals surface area contributed by atoms with Crippen LogP contribution in [0, 0.1) is 5.41 Å². The van der Waals surface area contributed by atoms with Gasteiger partial charge in [-0.3, -0.25) is 10.00 Å². The molecule has 2 rings (SSSR count). The van der Waals surface area contributed by atoms with Crippen molar-refractivity contribution in [1.82, 2.24) is 15.1 Å². The number of hydrogen-bond acceptors (Lipinski definition) is 3. The summed E-state index contributed by atoms with van der Waals surface area (Å²) in [4.78, 5) is 11.9. The van der Waals surface area contributed by atoms with Crippen LogP contribution in [0.2, 0.25) is 0 Å². The fourth-order valence-electron chi connectivity index (χ4n) is 2.67. The molecule has 0 saturated heterocycles. The summed E-state index contributed by atoms with van der Waals surface area (Å²) in [6.07, 6.45) is 4.96. The molecule has 6 nitrogen and oxygen atoms in total. The molecule has 1 heterocycles. The quantitative estimate of drug-likeness (QED) is 0.741. The smallest absolute Gasteiger partial charge is 0.320 e. The minimum absolute atomic E-state index is 0.104. The van der Waals surface area contributed by atoms with E-state index < -0.39 is 0 Å². The van der Waals surface area contributed by atoms with E-state index in [9.17, 15) is 4.79 Å². The Kier molecular flexibility index (Phi) is 4.65. The first-order valence-corrected chi connectivity index (χ1v) is 7.27. The molecule has 0 unspecified atom stereocenters. The molecule has 0 aliphatic heterocycles. The molecule has 20 heavy (non-hydrogen) atoms. The highest BCUT2D eigenvalue weighted by atomic mass is 16.3. The molecule has 0 radical (unpaired) electrons. The lowest BCUT2D eigenvalue weighted by Gasteiger charge is -2.41. The van der Waals surface area contributed by atoms with Crippen LogP contribution in [-0.4, -0.2) is 34.1 Å². The van der Waals surface area contributed by atoms with Crippen molar-refractivity contribution < 1.29 is 9.90 Å². The third-order valence-electron chi connectivity index (χ3n) is 4.21. The van der Waals surface area contributed by atoms with Crippen molar-refractivity contribution in [2.75, 3.05) is 18.5 Å². The van der Waals surface area contributed by atoms with E-state index >= 15 is 0 Å². The van der Waals surface area contributed by atoms with Crippen LogP contribution in [0.15, 0.2) is 6.07 Å². The molecule has 1 saturated carbocycles. The number of rotatable bonds is 6. The lowest BCUT2D eigenvalue weighted by molar-refractivity contribution is 0.0892. The standard InChI is InChI=1S/C14H24N4O2/c1-3-11-9-12(18(2)17-11)16-13(20)15-10-14(7-8-19)5-4-6-14/h9,19H,3-8,10H2,1-2H3,(H2,15,16,20). The first-order valence-electron chi connectivity index (χ1n) is 7.27. The molecule has 1 fully saturated rings. The van der Waals surface area contributed by atoms with Crippen LogP contribution in [0.4, 0.5) is 10.6 Å². The zero-order valence-electron chi connectivity index (χ0n) is 12.3. The van der Waals surface area contributed by atoms with Gasteiger partial charge in [0.1, 0.15) is 5.82 Å². The Bertz CT molecular complexity index is 466. The van der Waals surface area contributed by atoms with E-state index in [-0.39, 0.29) is 18.1 Å². The molecule has 1 aliphatic carbocycles. The maximum atomic E-state index is 11.9. The number of amides is 2. The van der Waals surface area contributed by atoms with E-state index in [4.69, 9.17) is 5.11 Å². The van der Waals surface area contributed by atoms with Crippen molar-refractivity contribution in [3.63, 3.8) is 0 Å². The van der Waals surface area contributed by atoms with Gasteiger partial charge in [0.25, 0.3) is 0 Å². The summed E-state index contributed by atoms with van der Waals surface area (Å²) in [7, 11) is 1.81. The Morgan fingerprint density at radius 3 is 2.80 bits per heavy atom. The molecule has 1 aromatic heterocycles. The van der Waals surface area contributed by atoms with Gasteiger partial charge in [0.2, 0.25) is 0 Å².